The van der Waals surface area contributed by atoms with Crippen LogP contribution in [0.15, 0.2) is 36.9 Å². The first-order valence-corrected chi connectivity index (χ1v) is 9.72. The number of hydrogen-bond acceptors (Lipinski definition) is 5. The van der Waals surface area contributed by atoms with Crippen LogP contribution in [0.3, 0.4) is 0 Å². The van der Waals surface area contributed by atoms with Gasteiger partial charge in [0.05, 0.1) is 30.6 Å². The number of imidazole rings is 1. The number of hydrogen-bond donors (Lipinski definition) is 1. The summed E-state index contributed by atoms with van der Waals surface area (Å²) in [5.41, 5.74) is 1.58. The molecule has 8 nitrogen and oxygen atoms in total. The van der Waals surface area contributed by atoms with Crippen LogP contribution in [0.2, 0.25) is 5.02 Å². The number of amides is 1. The van der Waals surface area contributed by atoms with E-state index in [0.717, 1.165) is 11.3 Å². The van der Waals surface area contributed by atoms with Crippen molar-refractivity contribution in [3.8, 4) is 28.6 Å². The van der Waals surface area contributed by atoms with Crippen molar-refractivity contribution in [3.63, 3.8) is 0 Å². The molecule has 0 saturated heterocycles. The van der Waals surface area contributed by atoms with Gasteiger partial charge in [-0.25, -0.2) is 4.98 Å². The summed E-state index contributed by atoms with van der Waals surface area (Å²) in [4.78, 5) is 15.8. The Kier molecular flexibility index (Phi) is 6.77. The lowest BCUT2D eigenvalue weighted by molar-refractivity contribution is -0.120. The SMILES string of the molecule is CCOc1cc(-c2nccn2-c2cnn(CCCC(=O)NC)c2)c(Cl)cc1OC. The second kappa shape index (κ2) is 9.47. The molecule has 0 unspecified atom stereocenters. The maximum absolute atomic E-state index is 11.4. The van der Waals surface area contributed by atoms with Gasteiger partial charge in [0.15, 0.2) is 11.5 Å². The van der Waals surface area contributed by atoms with Crippen molar-refractivity contribution in [3.05, 3.63) is 41.9 Å². The van der Waals surface area contributed by atoms with Gasteiger partial charge in [-0.3, -0.25) is 14.0 Å². The number of ether oxygens (including phenoxy) is 2. The minimum atomic E-state index is 0.0218. The Hall–Kier alpha value is -3.00. The monoisotopic (exact) mass is 417 g/mol. The minimum Gasteiger partial charge on any atom is -0.493 e. The number of carbonyl (C=O) groups is 1. The fourth-order valence-electron chi connectivity index (χ4n) is 2.97. The number of halogens is 1. The summed E-state index contributed by atoms with van der Waals surface area (Å²) in [5.74, 6) is 1.87. The van der Waals surface area contributed by atoms with Gasteiger partial charge < -0.3 is 14.8 Å². The molecule has 0 fully saturated rings. The van der Waals surface area contributed by atoms with Crippen LogP contribution in [-0.4, -0.2) is 46.0 Å². The number of benzene rings is 1. The van der Waals surface area contributed by atoms with Crippen LogP contribution in [0, 0.1) is 0 Å². The Balaban J connectivity index is 1.87. The molecule has 1 N–H and O–H groups in total. The van der Waals surface area contributed by atoms with Crippen molar-refractivity contribution >= 4 is 17.5 Å². The smallest absolute Gasteiger partial charge is 0.219 e. The van der Waals surface area contributed by atoms with Gasteiger partial charge >= 0.3 is 0 Å². The number of rotatable bonds is 9. The highest BCUT2D eigenvalue weighted by Crippen LogP contribution is 2.38. The summed E-state index contributed by atoms with van der Waals surface area (Å²) in [7, 11) is 3.21. The first-order valence-electron chi connectivity index (χ1n) is 9.34. The van der Waals surface area contributed by atoms with Crippen molar-refractivity contribution in [2.45, 2.75) is 26.3 Å². The van der Waals surface area contributed by atoms with E-state index in [4.69, 9.17) is 21.1 Å². The van der Waals surface area contributed by atoms with E-state index in [1.807, 2.05) is 34.6 Å². The van der Waals surface area contributed by atoms with E-state index in [1.165, 1.54) is 0 Å². The van der Waals surface area contributed by atoms with Crippen molar-refractivity contribution in [1.29, 1.82) is 0 Å². The Labute approximate surface area is 174 Å². The molecule has 3 aromatic rings. The highest BCUT2D eigenvalue weighted by atomic mass is 35.5. The highest BCUT2D eigenvalue weighted by molar-refractivity contribution is 6.33. The van der Waals surface area contributed by atoms with E-state index in [0.29, 0.717) is 48.3 Å². The standard InChI is InChI=1S/C20H24ClN5O3/c1-4-29-18-10-15(16(21)11-17(18)28-3)20-23-7-9-26(20)14-12-24-25(13-14)8-5-6-19(27)22-2/h7,9-13H,4-6,8H2,1-3H3,(H,22,27). The molecule has 0 atom stereocenters. The fourth-order valence-corrected chi connectivity index (χ4v) is 3.21. The number of nitrogens with zero attached hydrogens (tertiary/aromatic N) is 4. The lowest BCUT2D eigenvalue weighted by Gasteiger charge is -2.13. The third-order valence-electron chi connectivity index (χ3n) is 4.40. The number of methoxy groups -OCH3 is 1. The molecular formula is C20H24ClN5O3. The Morgan fingerprint density at radius 3 is 2.86 bits per heavy atom. The second-order valence-electron chi connectivity index (χ2n) is 6.28. The summed E-state index contributed by atoms with van der Waals surface area (Å²) >= 11 is 6.50. The van der Waals surface area contributed by atoms with Crippen molar-refractivity contribution < 1.29 is 14.3 Å². The summed E-state index contributed by atoms with van der Waals surface area (Å²) in [6.45, 7) is 3.07. The number of aryl methyl sites for hydroxylation is 1. The van der Waals surface area contributed by atoms with Crippen molar-refractivity contribution in [2.24, 2.45) is 0 Å². The van der Waals surface area contributed by atoms with Crippen molar-refractivity contribution in [2.75, 3.05) is 20.8 Å². The molecule has 0 radical (unpaired) electrons. The van der Waals surface area contributed by atoms with Gasteiger partial charge in [-0.05, 0) is 19.4 Å². The molecule has 3 rings (SSSR count). The van der Waals surface area contributed by atoms with E-state index in [9.17, 15) is 4.79 Å². The molecule has 2 heterocycles. The van der Waals surface area contributed by atoms with E-state index < -0.39 is 0 Å². The molecule has 0 spiro atoms. The predicted molar refractivity (Wildman–Crippen MR) is 111 cm³/mol. The van der Waals surface area contributed by atoms with Gasteiger partial charge in [0, 0.05) is 50.2 Å². The van der Waals surface area contributed by atoms with Gasteiger partial charge in [0.25, 0.3) is 0 Å². The van der Waals surface area contributed by atoms with Crippen LogP contribution in [0.1, 0.15) is 19.8 Å². The molecule has 1 amide bonds. The molecule has 9 heteroatoms. The molecular weight excluding hydrogens is 394 g/mol. The van der Waals surface area contributed by atoms with E-state index >= 15 is 0 Å². The molecule has 1 aromatic carbocycles. The van der Waals surface area contributed by atoms with Crippen molar-refractivity contribution in [1.82, 2.24) is 24.6 Å². The zero-order valence-electron chi connectivity index (χ0n) is 16.7. The van der Waals surface area contributed by atoms with E-state index in [2.05, 4.69) is 15.4 Å². The lowest BCUT2D eigenvalue weighted by atomic mass is 10.2. The van der Waals surface area contributed by atoms with Crippen LogP contribution < -0.4 is 14.8 Å². The number of nitrogens with one attached hydrogen (secondary N) is 1. The summed E-state index contributed by atoms with van der Waals surface area (Å²) < 4.78 is 14.7. The summed E-state index contributed by atoms with van der Waals surface area (Å²) in [6, 6.07) is 3.56. The second-order valence-corrected chi connectivity index (χ2v) is 6.68. The molecule has 0 aliphatic carbocycles. The maximum Gasteiger partial charge on any atom is 0.219 e. The Morgan fingerprint density at radius 2 is 2.14 bits per heavy atom. The molecule has 2 aromatic heterocycles. The van der Waals surface area contributed by atoms with Crippen LogP contribution >= 0.6 is 11.6 Å². The summed E-state index contributed by atoms with van der Waals surface area (Å²) in [5, 5.41) is 7.51. The van der Waals surface area contributed by atoms with Gasteiger partial charge in [0.1, 0.15) is 5.82 Å². The normalized spacial score (nSPS) is 10.8. The largest absolute Gasteiger partial charge is 0.493 e. The average molecular weight is 418 g/mol. The quantitative estimate of drug-likeness (QED) is 0.577. The highest BCUT2D eigenvalue weighted by Gasteiger charge is 2.17. The fraction of sp³-hybridized carbons (Fsp3) is 0.350. The first kappa shape index (κ1) is 20.7. The van der Waals surface area contributed by atoms with Crippen LogP contribution in [-0.2, 0) is 11.3 Å². The topological polar surface area (TPSA) is 83.2 Å². The van der Waals surface area contributed by atoms with Crippen LogP contribution in [0.4, 0.5) is 0 Å². The van der Waals surface area contributed by atoms with Crippen LogP contribution in [0.5, 0.6) is 11.5 Å². The molecule has 0 aliphatic rings. The maximum atomic E-state index is 11.4. The summed E-state index contributed by atoms with van der Waals surface area (Å²) in [6.07, 6.45) is 8.40. The number of carbonyl (C=O) groups excluding carboxylic acids is 1. The zero-order valence-corrected chi connectivity index (χ0v) is 17.4. The minimum absolute atomic E-state index is 0.0218. The molecule has 0 aliphatic heterocycles. The Bertz CT molecular complexity index is 982. The van der Waals surface area contributed by atoms with Gasteiger partial charge in [-0.15, -0.1) is 0 Å². The zero-order chi connectivity index (χ0) is 20.8. The van der Waals surface area contributed by atoms with E-state index in [1.54, 1.807) is 32.6 Å². The van der Waals surface area contributed by atoms with Crippen LogP contribution in [0.25, 0.3) is 17.1 Å². The first-order chi connectivity index (χ1) is 14.1. The number of aromatic nitrogens is 4. The lowest BCUT2D eigenvalue weighted by Crippen LogP contribution is -2.17. The third-order valence-corrected chi connectivity index (χ3v) is 4.72. The molecule has 29 heavy (non-hydrogen) atoms. The van der Waals surface area contributed by atoms with Gasteiger partial charge in [-0.2, -0.15) is 5.10 Å². The van der Waals surface area contributed by atoms with E-state index in [-0.39, 0.29) is 5.91 Å². The molecule has 0 saturated carbocycles. The molecule has 0 bridgehead atoms. The molecule has 154 valence electrons. The predicted octanol–water partition coefficient (Wildman–Crippen LogP) is 3.32. The third kappa shape index (κ3) is 4.71. The van der Waals surface area contributed by atoms with Gasteiger partial charge in [0.2, 0.25) is 5.91 Å². The Morgan fingerprint density at radius 1 is 1.31 bits per heavy atom. The van der Waals surface area contributed by atoms with Gasteiger partial charge in [-0.1, -0.05) is 11.6 Å². The average Bonchev–Trinajstić information content (AvgIpc) is 3.38.